The predicted molar refractivity (Wildman–Crippen MR) is 108 cm³/mol. The molecule has 0 unspecified atom stereocenters. The molecule has 1 atom stereocenters. The lowest BCUT2D eigenvalue weighted by Gasteiger charge is -2.31. The summed E-state index contributed by atoms with van der Waals surface area (Å²) in [5.74, 6) is 1.04. The summed E-state index contributed by atoms with van der Waals surface area (Å²) in [6.45, 7) is 3.60. The van der Waals surface area contributed by atoms with E-state index in [2.05, 4.69) is 12.0 Å². The fourth-order valence-corrected chi connectivity index (χ4v) is 3.77. The Kier molecular flexibility index (Phi) is 4.86. The normalized spacial score (nSPS) is 16.9. The molecule has 3 aromatic rings. The van der Waals surface area contributed by atoms with Crippen LogP contribution in [0.4, 0.5) is 0 Å². The number of aromatic nitrogens is 2. The van der Waals surface area contributed by atoms with Crippen molar-refractivity contribution in [2.45, 2.75) is 19.8 Å². The monoisotopic (exact) mass is 377 g/mol. The van der Waals surface area contributed by atoms with Gasteiger partial charge in [0.15, 0.2) is 5.69 Å². The van der Waals surface area contributed by atoms with Crippen molar-refractivity contribution in [1.82, 2.24) is 14.7 Å². The van der Waals surface area contributed by atoms with Gasteiger partial charge < -0.3 is 9.64 Å². The number of carbonyl (C=O) groups is 1. The minimum absolute atomic E-state index is 0.120. The minimum Gasteiger partial charge on any atom is -0.497 e. The summed E-state index contributed by atoms with van der Waals surface area (Å²) in [5, 5.41) is 5.58. The maximum atomic E-state index is 13.3. The van der Waals surface area contributed by atoms with Gasteiger partial charge in [0.25, 0.3) is 11.5 Å². The van der Waals surface area contributed by atoms with E-state index in [0.29, 0.717) is 33.8 Å². The van der Waals surface area contributed by atoms with Gasteiger partial charge in [-0.05, 0) is 49.1 Å². The number of hydrogen-bond acceptors (Lipinski definition) is 4. The number of likely N-dealkylation sites (tertiary alicyclic amines) is 1. The van der Waals surface area contributed by atoms with Gasteiger partial charge in [-0.3, -0.25) is 9.59 Å². The molecular weight excluding hydrogens is 354 g/mol. The molecule has 1 aliphatic rings. The summed E-state index contributed by atoms with van der Waals surface area (Å²) in [7, 11) is 1.59. The maximum Gasteiger partial charge on any atom is 0.279 e. The summed E-state index contributed by atoms with van der Waals surface area (Å²) in [5.41, 5.74) is 0.669. The van der Waals surface area contributed by atoms with Crippen LogP contribution in [0, 0.1) is 5.92 Å². The Labute approximate surface area is 163 Å². The third kappa shape index (κ3) is 3.26. The second-order valence-electron chi connectivity index (χ2n) is 7.31. The zero-order chi connectivity index (χ0) is 19.7. The lowest BCUT2D eigenvalue weighted by atomic mass is 9.99. The number of ether oxygens (including phenoxy) is 1. The molecule has 6 heteroatoms. The molecular formula is C22H23N3O3. The molecule has 1 amide bonds. The van der Waals surface area contributed by atoms with E-state index in [1.807, 2.05) is 11.0 Å². The minimum atomic E-state index is -0.246. The van der Waals surface area contributed by atoms with Gasteiger partial charge in [0.2, 0.25) is 0 Å². The van der Waals surface area contributed by atoms with Gasteiger partial charge in [0, 0.05) is 18.5 Å². The van der Waals surface area contributed by atoms with E-state index in [1.165, 1.54) is 4.68 Å². The average molecular weight is 377 g/mol. The molecule has 0 aliphatic carbocycles. The fourth-order valence-electron chi connectivity index (χ4n) is 3.77. The predicted octanol–water partition coefficient (Wildman–Crippen LogP) is 3.27. The molecule has 0 saturated carbocycles. The van der Waals surface area contributed by atoms with E-state index >= 15 is 0 Å². The summed E-state index contributed by atoms with van der Waals surface area (Å²) in [6, 6.07) is 14.2. The molecule has 28 heavy (non-hydrogen) atoms. The van der Waals surface area contributed by atoms with E-state index in [0.717, 1.165) is 25.9 Å². The van der Waals surface area contributed by atoms with Crippen LogP contribution in [0.15, 0.2) is 53.3 Å². The van der Waals surface area contributed by atoms with Crippen LogP contribution in [0.2, 0.25) is 0 Å². The Balaban J connectivity index is 1.86. The molecule has 0 spiro atoms. The number of fused-ring (bicyclic) bond motifs is 1. The van der Waals surface area contributed by atoms with Gasteiger partial charge in [0.1, 0.15) is 5.75 Å². The molecule has 1 aromatic heterocycles. The van der Waals surface area contributed by atoms with E-state index < -0.39 is 0 Å². The Hall–Kier alpha value is -3.15. The molecule has 1 aliphatic heterocycles. The van der Waals surface area contributed by atoms with Crippen molar-refractivity contribution in [3.05, 3.63) is 64.6 Å². The molecule has 0 N–H and O–H groups in total. The second-order valence-corrected chi connectivity index (χ2v) is 7.31. The number of nitrogens with zero attached hydrogens (tertiary/aromatic N) is 3. The molecule has 1 saturated heterocycles. The molecule has 144 valence electrons. The van der Waals surface area contributed by atoms with Gasteiger partial charge in [-0.15, -0.1) is 0 Å². The lowest BCUT2D eigenvalue weighted by Crippen LogP contribution is -2.40. The molecule has 4 rings (SSSR count). The van der Waals surface area contributed by atoms with E-state index in [9.17, 15) is 9.59 Å². The number of hydrogen-bond donors (Lipinski definition) is 0. The number of benzene rings is 2. The molecule has 0 bridgehead atoms. The first-order chi connectivity index (χ1) is 13.6. The van der Waals surface area contributed by atoms with E-state index in [-0.39, 0.29) is 11.5 Å². The molecule has 0 radical (unpaired) electrons. The number of carbonyl (C=O) groups excluding carboxylic acids is 1. The summed E-state index contributed by atoms with van der Waals surface area (Å²) in [4.78, 5) is 28.2. The third-order valence-corrected chi connectivity index (χ3v) is 5.27. The summed E-state index contributed by atoms with van der Waals surface area (Å²) >= 11 is 0. The first-order valence-corrected chi connectivity index (χ1v) is 9.54. The van der Waals surface area contributed by atoms with Gasteiger partial charge in [-0.1, -0.05) is 25.1 Å². The van der Waals surface area contributed by atoms with Crippen LogP contribution in [-0.4, -0.2) is 40.8 Å². The molecule has 2 heterocycles. The average Bonchev–Trinajstić information content (AvgIpc) is 2.74. The number of rotatable bonds is 3. The maximum absolute atomic E-state index is 13.3. The van der Waals surface area contributed by atoms with Crippen LogP contribution >= 0.6 is 0 Å². The zero-order valence-corrected chi connectivity index (χ0v) is 16.1. The van der Waals surface area contributed by atoms with Crippen LogP contribution in [0.1, 0.15) is 30.3 Å². The quantitative estimate of drug-likeness (QED) is 0.703. The van der Waals surface area contributed by atoms with Crippen molar-refractivity contribution in [2.75, 3.05) is 20.2 Å². The summed E-state index contributed by atoms with van der Waals surface area (Å²) in [6.07, 6.45) is 2.12. The Morgan fingerprint density at radius 1 is 1.11 bits per heavy atom. The SMILES string of the molecule is COc1ccc(-n2nc(C(=O)N3CCC[C@@H](C)C3)c3ccccc3c2=O)cc1. The van der Waals surface area contributed by atoms with Crippen LogP contribution in [-0.2, 0) is 0 Å². The van der Waals surface area contributed by atoms with Gasteiger partial charge in [-0.2, -0.15) is 9.78 Å². The largest absolute Gasteiger partial charge is 0.497 e. The van der Waals surface area contributed by atoms with Crippen molar-refractivity contribution < 1.29 is 9.53 Å². The van der Waals surface area contributed by atoms with Gasteiger partial charge >= 0.3 is 0 Å². The van der Waals surface area contributed by atoms with Crippen LogP contribution < -0.4 is 10.3 Å². The standard InChI is InChI=1S/C22H23N3O3/c1-15-6-5-13-24(14-15)22(27)20-18-7-3-4-8-19(18)21(26)25(23-20)16-9-11-17(28-2)12-10-16/h3-4,7-12,15H,5-6,13-14H2,1-2H3/t15-/m1/s1. The van der Waals surface area contributed by atoms with Crippen LogP contribution in [0.5, 0.6) is 5.75 Å². The Morgan fingerprint density at radius 2 is 1.82 bits per heavy atom. The first-order valence-electron chi connectivity index (χ1n) is 9.54. The highest BCUT2D eigenvalue weighted by molar-refractivity contribution is 6.04. The first kappa shape index (κ1) is 18.2. The van der Waals surface area contributed by atoms with Gasteiger partial charge in [-0.25, -0.2) is 0 Å². The van der Waals surface area contributed by atoms with Crippen molar-refractivity contribution in [3.63, 3.8) is 0 Å². The fraction of sp³-hybridized carbons (Fsp3) is 0.318. The van der Waals surface area contributed by atoms with Crippen molar-refractivity contribution in [1.29, 1.82) is 0 Å². The highest BCUT2D eigenvalue weighted by atomic mass is 16.5. The van der Waals surface area contributed by atoms with Crippen molar-refractivity contribution >= 4 is 16.7 Å². The zero-order valence-electron chi connectivity index (χ0n) is 16.1. The van der Waals surface area contributed by atoms with Crippen molar-refractivity contribution in [2.24, 2.45) is 5.92 Å². The van der Waals surface area contributed by atoms with Gasteiger partial charge in [0.05, 0.1) is 18.2 Å². The summed E-state index contributed by atoms with van der Waals surface area (Å²) < 4.78 is 6.50. The number of amides is 1. The van der Waals surface area contributed by atoms with Crippen LogP contribution in [0.25, 0.3) is 16.5 Å². The topological polar surface area (TPSA) is 64.4 Å². The molecule has 1 fully saturated rings. The van der Waals surface area contributed by atoms with Crippen LogP contribution in [0.3, 0.4) is 0 Å². The highest BCUT2D eigenvalue weighted by Gasteiger charge is 2.26. The lowest BCUT2D eigenvalue weighted by molar-refractivity contribution is 0.0677. The second kappa shape index (κ2) is 7.46. The molecule has 6 nitrogen and oxygen atoms in total. The molecule has 2 aromatic carbocycles. The van der Waals surface area contributed by atoms with E-state index in [4.69, 9.17) is 4.74 Å². The van der Waals surface area contributed by atoms with Crippen molar-refractivity contribution in [3.8, 4) is 11.4 Å². The van der Waals surface area contributed by atoms with E-state index in [1.54, 1.807) is 49.6 Å². The highest BCUT2D eigenvalue weighted by Crippen LogP contribution is 2.21. The Bertz CT molecular complexity index is 1070. The Morgan fingerprint density at radius 3 is 2.50 bits per heavy atom. The smallest absolute Gasteiger partial charge is 0.279 e. The number of methoxy groups -OCH3 is 1. The number of piperidine rings is 1. The third-order valence-electron chi connectivity index (χ3n) is 5.27.